The van der Waals surface area contributed by atoms with Gasteiger partial charge < -0.3 is 30.6 Å². The maximum atomic E-state index is 13.0. The standard InChI is InChI=1S/C20H24N6O7S2/c1-33-24-13(11-9-35-20(21)22-11)16(29)23-14-17(30)25-15(19(31)32)10(8-34-18(14)25)6-26(7-12(27)28)4-2-3-5-26/h9,14,18H,2-8H2,1H3,(H4-,21,22,23,27,28,29,31,32)/p+1/b24-13-/t14?,18-/m1/s1. The van der Waals surface area contributed by atoms with E-state index in [0.717, 1.165) is 24.2 Å². The van der Waals surface area contributed by atoms with Crippen molar-refractivity contribution in [1.82, 2.24) is 15.2 Å². The molecule has 13 nitrogen and oxygen atoms in total. The Morgan fingerprint density at radius 3 is 2.63 bits per heavy atom. The van der Waals surface area contributed by atoms with Crippen LogP contribution in [0.3, 0.4) is 0 Å². The number of quaternary nitrogens is 1. The number of aliphatic carboxylic acids is 2. The van der Waals surface area contributed by atoms with Crippen LogP contribution in [0, 0.1) is 0 Å². The van der Waals surface area contributed by atoms with Crippen LogP contribution in [0.25, 0.3) is 0 Å². The van der Waals surface area contributed by atoms with E-state index in [9.17, 15) is 29.4 Å². The van der Waals surface area contributed by atoms with Gasteiger partial charge in [0.05, 0.1) is 13.1 Å². The van der Waals surface area contributed by atoms with E-state index in [0.29, 0.717) is 24.4 Å². The highest BCUT2D eigenvalue weighted by Crippen LogP contribution is 2.41. The molecule has 4 heterocycles. The molecule has 0 bridgehead atoms. The van der Waals surface area contributed by atoms with Crippen LogP contribution >= 0.6 is 23.1 Å². The number of hydrogen-bond acceptors (Lipinski definition) is 10. The van der Waals surface area contributed by atoms with E-state index in [4.69, 9.17) is 10.6 Å². The van der Waals surface area contributed by atoms with E-state index in [1.807, 2.05) is 0 Å². The molecule has 3 aliphatic rings. The van der Waals surface area contributed by atoms with Gasteiger partial charge in [0, 0.05) is 29.5 Å². The average molecular weight is 526 g/mol. The molecule has 5 N–H and O–H groups in total. The number of likely N-dealkylation sites (tertiary alicyclic amines) is 1. The zero-order valence-electron chi connectivity index (χ0n) is 18.8. The van der Waals surface area contributed by atoms with E-state index in [2.05, 4.69) is 15.5 Å². The number of nitrogen functional groups attached to an aromatic ring is 1. The molecule has 1 aromatic heterocycles. The van der Waals surface area contributed by atoms with Crippen LogP contribution in [0.1, 0.15) is 18.5 Å². The Bertz CT molecular complexity index is 1130. The number of nitrogens with one attached hydrogen (secondary N) is 1. The van der Waals surface area contributed by atoms with Gasteiger partial charge in [-0.25, -0.2) is 14.6 Å². The SMILES string of the molecule is CO/N=C(\C(=O)NC1C(=O)N2C(C(=O)O)=C(C[N+]3(CC(=O)O)CCCC3)CS[C@H]12)c1csc(N)n1. The summed E-state index contributed by atoms with van der Waals surface area (Å²) in [6, 6.07) is -0.963. The minimum absolute atomic E-state index is 0.0974. The molecule has 2 amide bonds. The molecule has 15 heteroatoms. The van der Waals surface area contributed by atoms with Crippen molar-refractivity contribution in [3.05, 3.63) is 22.3 Å². The van der Waals surface area contributed by atoms with Crippen LogP contribution < -0.4 is 11.1 Å². The van der Waals surface area contributed by atoms with Crippen LogP contribution in [0.2, 0.25) is 0 Å². The van der Waals surface area contributed by atoms with E-state index in [-0.39, 0.29) is 39.8 Å². The fourth-order valence-electron chi connectivity index (χ4n) is 4.78. The largest absolute Gasteiger partial charge is 0.477 e. The summed E-state index contributed by atoms with van der Waals surface area (Å²) in [6.45, 7) is 1.45. The average Bonchev–Trinajstić information content (AvgIpc) is 3.43. The fourth-order valence-corrected chi connectivity index (χ4v) is 6.66. The van der Waals surface area contributed by atoms with Crippen LogP contribution in [0.5, 0.6) is 0 Å². The van der Waals surface area contributed by atoms with Gasteiger partial charge in [0.15, 0.2) is 17.4 Å². The van der Waals surface area contributed by atoms with Crippen LogP contribution in [-0.2, 0) is 24.0 Å². The van der Waals surface area contributed by atoms with Crippen molar-refractivity contribution in [2.75, 3.05) is 44.8 Å². The third-order valence-electron chi connectivity index (χ3n) is 6.21. The van der Waals surface area contributed by atoms with Crippen molar-refractivity contribution in [3.8, 4) is 0 Å². The number of aromatic nitrogens is 1. The number of anilines is 1. The molecule has 4 rings (SSSR count). The second kappa shape index (κ2) is 9.83. The minimum Gasteiger partial charge on any atom is -0.477 e. The lowest BCUT2D eigenvalue weighted by Crippen LogP contribution is -2.71. The maximum absolute atomic E-state index is 13.0. The molecule has 3 aliphatic heterocycles. The molecule has 0 spiro atoms. The molecular weight excluding hydrogens is 500 g/mol. The summed E-state index contributed by atoms with van der Waals surface area (Å²) in [4.78, 5) is 59.4. The van der Waals surface area contributed by atoms with Crippen molar-refractivity contribution >= 4 is 57.7 Å². The first-order valence-corrected chi connectivity index (χ1v) is 12.7. The van der Waals surface area contributed by atoms with E-state index in [1.165, 1.54) is 29.2 Å². The Balaban J connectivity index is 1.54. The monoisotopic (exact) mass is 525 g/mol. The van der Waals surface area contributed by atoms with Gasteiger partial charge in [-0.3, -0.25) is 14.5 Å². The number of hydrogen-bond donors (Lipinski definition) is 4. The summed E-state index contributed by atoms with van der Waals surface area (Å²) in [6.07, 6.45) is 1.73. The first-order valence-electron chi connectivity index (χ1n) is 10.8. The summed E-state index contributed by atoms with van der Waals surface area (Å²) in [7, 11) is 1.27. The zero-order valence-corrected chi connectivity index (χ0v) is 20.4. The molecule has 2 fully saturated rings. The number of nitrogens with zero attached hydrogens (tertiary/aromatic N) is 4. The molecule has 188 valence electrons. The smallest absolute Gasteiger partial charge is 0.359 e. The number of fused-ring (bicyclic) bond motifs is 1. The topological polar surface area (TPSA) is 185 Å². The van der Waals surface area contributed by atoms with Gasteiger partial charge >= 0.3 is 11.9 Å². The molecule has 2 saturated heterocycles. The number of carboxylic acids is 2. The molecule has 0 aliphatic carbocycles. The van der Waals surface area contributed by atoms with Gasteiger partial charge in [0.2, 0.25) is 0 Å². The second-order valence-corrected chi connectivity index (χ2v) is 10.5. The first kappa shape index (κ1) is 24.9. The Morgan fingerprint density at radius 1 is 1.34 bits per heavy atom. The lowest BCUT2D eigenvalue weighted by molar-refractivity contribution is -0.905. The van der Waals surface area contributed by atoms with Gasteiger partial charge in [0.25, 0.3) is 11.8 Å². The molecule has 35 heavy (non-hydrogen) atoms. The summed E-state index contributed by atoms with van der Waals surface area (Å²) in [5, 5.41) is 26.8. The molecule has 0 radical (unpaired) electrons. The molecule has 0 aromatic carbocycles. The van der Waals surface area contributed by atoms with Crippen molar-refractivity contribution < 1.29 is 38.7 Å². The Morgan fingerprint density at radius 2 is 2.06 bits per heavy atom. The molecule has 0 saturated carbocycles. The highest BCUT2D eigenvalue weighted by Gasteiger charge is 2.55. The van der Waals surface area contributed by atoms with Gasteiger partial charge in [-0.05, 0) is 0 Å². The maximum Gasteiger partial charge on any atom is 0.359 e. The lowest BCUT2D eigenvalue weighted by Gasteiger charge is -2.50. The number of carboxylic acid groups (broad SMARTS) is 2. The highest BCUT2D eigenvalue weighted by atomic mass is 32.2. The quantitative estimate of drug-likeness (QED) is 0.142. The summed E-state index contributed by atoms with van der Waals surface area (Å²) in [5.74, 6) is -3.15. The Kier molecular flexibility index (Phi) is 7.00. The number of amides is 2. The first-order chi connectivity index (χ1) is 16.7. The van der Waals surface area contributed by atoms with Gasteiger partial charge in [-0.1, -0.05) is 5.16 Å². The fraction of sp³-hybridized carbons (Fsp3) is 0.500. The normalized spacial score (nSPS) is 23.5. The third kappa shape index (κ3) is 4.83. The van der Waals surface area contributed by atoms with E-state index < -0.39 is 35.2 Å². The van der Waals surface area contributed by atoms with Gasteiger partial charge in [-0.2, -0.15) is 0 Å². The second-order valence-electron chi connectivity index (χ2n) is 8.52. The zero-order chi connectivity index (χ0) is 25.3. The summed E-state index contributed by atoms with van der Waals surface area (Å²) >= 11 is 2.44. The van der Waals surface area contributed by atoms with Crippen molar-refractivity contribution in [3.63, 3.8) is 0 Å². The predicted molar refractivity (Wildman–Crippen MR) is 126 cm³/mol. The van der Waals surface area contributed by atoms with Crippen LogP contribution in [0.15, 0.2) is 21.8 Å². The Hall–Kier alpha value is -3.17. The van der Waals surface area contributed by atoms with E-state index >= 15 is 0 Å². The van der Waals surface area contributed by atoms with Crippen LogP contribution in [-0.4, -0.2) is 105 Å². The van der Waals surface area contributed by atoms with Crippen LogP contribution in [0.4, 0.5) is 5.13 Å². The van der Waals surface area contributed by atoms with Crippen molar-refractivity contribution in [2.45, 2.75) is 24.3 Å². The predicted octanol–water partition coefficient (Wildman–Crippen LogP) is -0.490. The highest BCUT2D eigenvalue weighted by molar-refractivity contribution is 8.00. The number of oxime groups is 1. The third-order valence-corrected chi connectivity index (χ3v) is 8.22. The Labute approximate surface area is 208 Å². The summed E-state index contributed by atoms with van der Waals surface area (Å²) < 4.78 is 0.266. The number of β-lactam (4-membered cyclic amide) rings is 1. The number of carbonyl (C=O) groups is 4. The van der Waals surface area contributed by atoms with Gasteiger partial charge in [-0.15, -0.1) is 23.1 Å². The number of carbonyl (C=O) groups excluding carboxylic acids is 2. The van der Waals surface area contributed by atoms with Crippen molar-refractivity contribution in [2.24, 2.45) is 5.16 Å². The van der Waals surface area contributed by atoms with E-state index in [1.54, 1.807) is 0 Å². The number of nitrogens with two attached hydrogens (primary N) is 1. The number of thiazole rings is 1. The lowest BCUT2D eigenvalue weighted by atomic mass is 10.0. The number of thioether (sulfide) groups is 1. The molecule has 1 aromatic rings. The molecule has 2 atom stereocenters. The van der Waals surface area contributed by atoms with Gasteiger partial charge in [0.1, 0.15) is 36.5 Å². The van der Waals surface area contributed by atoms with Crippen molar-refractivity contribution in [1.29, 1.82) is 0 Å². The number of rotatable bonds is 9. The molecule has 1 unspecified atom stereocenters. The minimum atomic E-state index is -1.25. The molecular formula is C20H25N6O7S2+. The summed E-state index contributed by atoms with van der Waals surface area (Å²) in [5.41, 5.74) is 6.07.